The van der Waals surface area contributed by atoms with Gasteiger partial charge in [-0.05, 0) is 42.6 Å². The summed E-state index contributed by atoms with van der Waals surface area (Å²) in [7, 11) is -3.65. The largest absolute Gasteiger partial charge is 0.494 e. The van der Waals surface area contributed by atoms with E-state index in [-0.39, 0.29) is 4.90 Å². The van der Waals surface area contributed by atoms with Crippen LogP contribution in [-0.4, -0.2) is 20.0 Å². The Balaban J connectivity index is 1.78. The third-order valence-electron chi connectivity index (χ3n) is 2.94. The van der Waals surface area contributed by atoms with Gasteiger partial charge in [0.25, 0.3) is 10.0 Å². The quantitative estimate of drug-likeness (QED) is 0.714. The van der Waals surface area contributed by atoms with Crippen LogP contribution in [0.4, 0.5) is 5.13 Å². The second kappa shape index (κ2) is 6.69. The fourth-order valence-electron chi connectivity index (χ4n) is 1.91. The molecule has 8 heteroatoms. The van der Waals surface area contributed by atoms with Crippen LogP contribution in [0.25, 0.3) is 10.6 Å². The molecule has 0 spiro atoms. The number of aromatic nitrogens is 1. The van der Waals surface area contributed by atoms with Gasteiger partial charge in [0, 0.05) is 5.38 Å². The molecule has 0 unspecified atom stereocenters. The highest BCUT2D eigenvalue weighted by Crippen LogP contribution is 2.29. The number of hydrogen-bond donors (Lipinski definition) is 1. The molecule has 1 aromatic carbocycles. The van der Waals surface area contributed by atoms with Crippen molar-refractivity contribution in [2.24, 2.45) is 0 Å². The maximum atomic E-state index is 12.4. The van der Waals surface area contributed by atoms with Gasteiger partial charge in [0.05, 0.1) is 22.1 Å². The Kier molecular flexibility index (Phi) is 4.65. The van der Waals surface area contributed by atoms with Gasteiger partial charge in [-0.2, -0.15) is 0 Å². The van der Waals surface area contributed by atoms with Gasteiger partial charge in [0.15, 0.2) is 5.13 Å². The second-order valence-corrected chi connectivity index (χ2v) is 8.01. The van der Waals surface area contributed by atoms with E-state index in [1.165, 1.54) is 23.5 Å². The molecule has 2 heterocycles. The predicted octanol–water partition coefficient (Wildman–Crippen LogP) is 4.07. The molecule has 0 aliphatic carbocycles. The van der Waals surface area contributed by atoms with E-state index >= 15 is 0 Å². The molecule has 0 amide bonds. The van der Waals surface area contributed by atoms with Gasteiger partial charge < -0.3 is 4.74 Å². The molecule has 5 nitrogen and oxygen atoms in total. The molecule has 0 aliphatic rings. The van der Waals surface area contributed by atoms with Gasteiger partial charge in [-0.1, -0.05) is 6.07 Å². The van der Waals surface area contributed by atoms with Crippen LogP contribution in [0.5, 0.6) is 5.75 Å². The molecule has 0 saturated heterocycles. The summed E-state index contributed by atoms with van der Waals surface area (Å²) >= 11 is 2.82. The van der Waals surface area contributed by atoms with Crippen LogP contribution in [0.1, 0.15) is 6.92 Å². The minimum absolute atomic E-state index is 0.175. The fourth-order valence-corrected chi connectivity index (χ4v) is 4.64. The van der Waals surface area contributed by atoms with Crippen molar-refractivity contribution in [2.45, 2.75) is 11.8 Å². The SMILES string of the molecule is CCOc1ccc(S(=O)(=O)Nc2nc(-c3cccs3)cs2)cc1. The number of rotatable bonds is 6. The van der Waals surface area contributed by atoms with Gasteiger partial charge in [-0.25, -0.2) is 13.4 Å². The average molecular weight is 366 g/mol. The predicted molar refractivity (Wildman–Crippen MR) is 93.8 cm³/mol. The number of benzene rings is 1. The number of nitrogens with one attached hydrogen (secondary N) is 1. The molecule has 2 aromatic heterocycles. The molecule has 3 aromatic rings. The van der Waals surface area contributed by atoms with E-state index in [2.05, 4.69) is 9.71 Å². The summed E-state index contributed by atoms with van der Waals surface area (Å²) < 4.78 is 32.6. The number of thiazole rings is 1. The zero-order valence-corrected chi connectivity index (χ0v) is 14.7. The van der Waals surface area contributed by atoms with E-state index in [0.29, 0.717) is 17.5 Å². The van der Waals surface area contributed by atoms with Crippen molar-refractivity contribution >= 4 is 37.8 Å². The summed E-state index contributed by atoms with van der Waals surface area (Å²) in [4.78, 5) is 5.51. The maximum absolute atomic E-state index is 12.4. The normalized spacial score (nSPS) is 11.3. The molecule has 0 saturated carbocycles. The molecule has 23 heavy (non-hydrogen) atoms. The van der Waals surface area contributed by atoms with E-state index < -0.39 is 10.0 Å². The lowest BCUT2D eigenvalue weighted by molar-refractivity contribution is 0.340. The Morgan fingerprint density at radius 1 is 1.17 bits per heavy atom. The van der Waals surface area contributed by atoms with Crippen LogP contribution in [0.2, 0.25) is 0 Å². The zero-order valence-electron chi connectivity index (χ0n) is 12.2. The third kappa shape index (κ3) is 3.72. The summed E-state index contributed by atoms with van der Waals surface area (Å²) in [6.07, 6.45) is 0. The monoisotopic (exact) mass is 366 g/mol. The van der Waals surface area contributed by atoms with Gasteiger partial charge in [-0.15, -0.1) is 22.7 Å². The molecule has 0 aliphatic heterocycles. The molecule has 3 rings (SSSR count). The Labute approximate surface area is 142 Å². The molecular weight excluding hydrogens is 352 g/mol. The first kappa shape index (κ1) is 16.0. The topological polar surface area (TPSA) is 68.3 Å². The van der Waals surface area contributed by atoms with E-state index in [1.807, 2.05) is 29.8 Å². The van der Waals surface area contributed by atoms with E-state index in [1.54, 1.807) is 23.5 Å². The maximum Gasteiger partial charge on any atom is 0.263 e. The zero-order chi connectivity index (χ0) is 16.3. The lowest BCUT2D eigenvalue weighted by Crippen LogP contribution is -2.12. The lowest BCUT2D eigenvalue weighted by Gasteiger charge is -2.07. The van der Waals surface area contributed by atoms with Crippen LogP contribution in [0.3, 0.4) is 0 Å². The number of hydrogen-bond acceptors (Lipinski definition) is 6. The average Bonchev–Trinajstić information content (AvgIpc) is 3.19. The van der Waals surface area contributed by atoms with Crippen molar-refractivity contribution in [1.82, 2.24) is 4.98 Å². The highest BCUT2D eigenvalue weighted by atomic mass is 32.2. The summed E-state index contributed by atoms with van der Waals surface area (Å²) in [6.45, 7) is 2.41. The smallest absolute Gasteiger partial charge is 0.263 e. The first-order chi connectivity index (χ1) is 11.1. The molecular formula is C15H14N2O3S3. The van der Waals surface area contributed by atoms with Crippen molar-refractivity contribution in [2.75, 3.05) is 11.3 Å². The number of thiophene rings is 1. The van der Waals surface area contributed by atoms with Gasteiger partial charge >= 0.3 is 0 Å². The van der Waals surface area contributed by atoms with E-state index in [4.69, 9.17) is 4.74 Å². The highest BCUT2D eigenvalue weighted by Gasteiger charge is 2.16. The van der Waals surface area contributed by atoms with E-state index in [9.17, 15) is 8.42 Å². The lowest BCUT2D eigenvalue weighted by atomic mass is 10.3. The van der Waals surface area contributed by atoms with Gasteiger partial charge in [0.1, 0.15) is 5.75 Å². The van der Waals surface area contributed by atoms with Crippen molar-refractivity contribution in [3.63, 3.8) is 0 Å². The first-order valence-electron chi connectivity index (χ1n) is 6.83. The number of nitrogens with zero attached hydrogens (tertiary/aromatic N) is 1. The van der Waals surface area contributed by atoms with Gasteiger partial charge in [-0.3, -0.25) is 4.72 Å². The Morgan fingerprint density at radius 2 is 1.96 bits per heavy atom. The Morgan fingerprint density at radius 3 is 2.61 bits per heavy atom. The van der Waals surface area contributed by atoms with Crippen molar-refractivity contribution in [3.05, 3.63) is 47.2 Å². The number of ether oxygens (including phenoxy) is 1. The molecule has 0 radical (unpaired) electrons. The van der Waals surface area contributed by atoms with Crippen LogP contribution in [0, 0.1) is 0 Å². The fraction of sp³-hybridized carbons (Fsp3) is 0.133. The molecule has 0 fully saturated rings. The summed E-state index contributed by atoms with van der Waals surface area (Å²) in [6, 6.07) is 10.2. The van der Waals surface area contributed by atoms with Crippen molar-refractivity contribution in [1.29, 1.82) is 0 Å². The van der Waals surface area contributed by atoms with Crippen LogP contribution < -0.4 is 9.46 Å². The Hall–Kier alpha value is -1.90. The minimum atomic E-state index is -3.65. The summed E-state index contributed by atoms with van der Waals surface area (Å²) in [5, 5.41) is 4.14. The standard InChI is InChI=1S/C15H14N2O3S3/c1-2-20-11-5-7-12(8-6-11)23(18,19)17-15-16-13(10-22-15)14-4-3-9-21-14/h3-10H,2H2,1H3,(H,16,17). The molecule has 0 bridgehead atoms. The van der Waals surface area contributed by atoms with Crippen LogP contribution in [-0.2, 0) is 10.0 Å². The van der Waals surface area contributed by atoms with Crippen molar-refractivity contribution < 1.29 is 13.2 Å². The van der Waals surface area contributed by atoms with Crippen LogP contribution in [0.15, 0.2) is 52.1 Å². The Bertz CT molecular complexity index is 869. The molecule has 120 valence electrons. The summed E-state index contributed by atoms with van der Waals surface area (Å²) in [5.74, 6) is 0.640. The number of sulfonamides is 1. The minimum Gasteiger partial charge on any atom is -0.494 e. The molecule has 0 atom stereocenters. The highest BCUT2D eigenvalue weighted by molar-refractivity contribution is 7.93. The van der Waals surface area contributed by atoms with Gasteiger partial charge in [0.2, 0.25) is 0 Å². The van der Waals surface area contributed by atoms with Crippen molar-refractivity contribution in [3.8, 4) is 16.3 Å². The first-order valence-corrected chi connectivity index (χ1v) is 10.1. The molecule has 1 N–H and O–H groups in total. The summed E-state index contributed by atoms with van der Waals surface area (Å²) in [5.41, 5.74) is 0.773. The number of anilines is 1. The third-order valence-corrected chi connectivity index (χ3v) is 6.08. The van der Waals surface area contributed by atoms with Crippen LogP contribution >= 0.6 is 22.7 Å². The van der Waals surface area contributed by atoms with E-state index in [0.717, 1.165) is 10.6 Å². The second-order valence-electron chi connectivity index (χ2n) is 4.53.